The first-order valence-corrected chi connectivity index (χ1v) is 22.9. The van der Waals surface area contributed by atoms with Crippen LogP contribution in [-0.2, 0) is 21.7 Å². The van der Waals surface area contributed by atoms with E-state index in [1.54, 1.807) is 0 Å². The number of nitriles is 1. The third kappa shape index (κ3) is 7.40. The molecule has 0 N–H and O–H groups in total. The van der Waals surface area contributed by atoms with Crippen LogP contribution in [0.15, 0.2) is 127 Å². The fourth-order valence-corrected chi connectivity index (χ4v) is 9.67. The molecule has 0 amide bonds. The Kier molecular flexibility index (Phi) is 10.1. The van der Waals surface area contributed by atoms with Gasteiger partial charge < -0.3 is 9.13 Å². The number of benzene rings is 7. The van der Waals surface area contributed by atoms with E-state index >= 15 is 0 Å². The fourth-order valence-electron chi connectivity index (χ4n) is 9.67. The van der Waals surface area contributed by atoms with Crippen molar-refractivity contribution in [3.63, 3.8) is 0 Å². The molecule has 0 atom stereocenters. The van der Waals surface area contributed by atoms with Crippen molar-refractivity contribution in [1.29, 1.82) is 5.26 Å². The fraction of sp³-hybridized carbons (Fsp3) is 0.279. The summed E-state index contributed by atoms with van der Waals surface area (Å²) in [6.07, 6.45) is 0. The zero-order valence-electron chi connectivity index (χ0n) is 40.4. The van der Waals surface area contributed by atoms with Crippen LogP contribution in [0.3, 0.4) is 0 Å². The van der Waals surface area contributed by atoms with Crippen LogP contribution in [-0.4, -0.2) is 9.13 Å². The Morgan fingerprint density at radius 3 is 1.28 bits per heavy atom. The van der Waals surface area contributed by atoms with Gasteiger partial charge in [-0.2, -0.15) is 5.26 Å². The highest BCUT2D eigenvalue weighted by molar-refractivity contribution is 6.13. The van der Waals surface area contributed by atoms with Crippen molar-refractivity contribution >= 4 is 49.3 Å². The molecule has 0 fully saturated rings. The molecule has 0 spiro atoms. The van der Waals surface area contributed by atoms with Gasteiger partial charge in [-0.1, -0.05) is 132 Å². The van der Waals surface area contributed by atoms with Crippen molar-refractivity contribution in [1.82, 2.24) is 9.13 Å². The Hall–Kier alpha value is -6.88. The molecule has 4 nitrogen and oxygen atoms in total. The van der Waals surface area contributed by atoms with E-state index in [0.717, 1.165) is 61.3 Å². The zero-order valence-corrected chi connectivity index (χ0v) is 40.4. The van der Waals surface area contributed by atoms with Gasteiger partial charge in [-0.3, -0.25) is 0 Å². The lowest BCUT2D eigenvalue weighted by Gasteiger charge is -2.22. The van der Waals surface area contributed by atoms with Crippen LogP contribution in [0.1, 0.15) is 116 Å². The Labute approximate surface area is 385 Å². The Bertz CT molecular complexity index is 3350. The monoisotopic (exact) mass is 848 g/mol. The van der Waals surface area contributed by atoms with Gasteiger partial charge in [-0.25, -0.2) is 4.85 Å². The zero-order chi connectivity index (χ0) is 46.5. The number of hydrogen-bond donors (Lipinski definition) is 0. The van der Waals surface area contributed by atoms with E-state index in [1.807, 2.05) is 24.3 Å². The Morgan fingerprint density at radius 2 is 0.892 bits per heavy atom. The molecule has 7 aromatic carbocycles. The molecule has 0 saturated carbocycles. The van der Waals surface area contributed by atoms with Crippen molar-refractivity contribution in [2.45, 2.75) is 112 Å². The van der Waals surface area contributed by atoms with Gasteiger partial charge in [0.2, 0.25) is 0 Å². The van der Waals surface area contributed by atoms with Gasteiger partial charge in [0.15, 0.2) is 5.69 Å². The molecular weight excluding hydrogens is 789 g/mol. The minimum Gasteiger partial charge on any atom is -0.310 e. The molecule has 0 aliphatic rings. The summed E-state index contributed by atoms with van der Waals surface area (Å²) >= 11 is 0. The van der Waals surface area contributed by atoms with Gasteiger partial charge in [0.25, 0.3) is 0 Å². The number of nitrogens with zero attached hydrogens (tertiary/aromatic N) is 4. The van der Waals surface area contributed by atoms with Gasteiger partial charge >= 0.3 is 0 Å². The molecule has 0 bridgehead atoms. The molecule has 9 rings (SSSR count). The lowest BCUT2D eigenvalue weighted by molar-refractivity contribution is 0.590. The average molecular weight is 849 g/mol. The standard InChI is InChI=1S/C61H60N4/c1-37-30-38(36-62)18-24-44(37)39-19-25-55(64-51-26-20-40(58(2,3)4)32-45(51)46-33-41(59(5,6)7)21-27-52(46)64)49(31-39)57-50(63-14)16-15-17-56(57)65-53-28-22-42(60(8,9)10)34-47(53)48-35-43(61(11,12)13)23-29-54(48)65/h15-35H,1-13H3. The largest absolute Gasteiger partial charge is 0.310 e. The van der Waals surface area contributed by atoms with Crippen LogP contribution in [0.4, 0.5) is 5.69 Å². The molecule has 0 saturated heterocycles. The number of aryl methyl sites for hydroxylation is 1. The molecule has 0 aliphatic heterocycles. The van der Waals surface area contributed by atoms with Crippen molar-refractivity contribution < 1.29 is 0 Å². The highest BCUT2D eigenvalue weighted by Gasteiger charge is 2.27. The van der Waals surface area contributed by atoms with Crippen LogP contribution in [0.2, 0.25) is 0 Å². The quantitative estimate of drug-likeness (QED) is 0.163. The van der Waals surface area contributed by atoms with Gasteiger partial charge in [-0.05, 0) is 152 Å². The predicted octanol–water partition coefficient (Wildman–Crippen LogP) is 17.1. The highest BCUT2D eigenvalue weighted by Crippen LogP contribution is 2.47. The van der Waals surface area contributed by atoms with Crippen LogP contribution in [0.5, 0.6) is 0 Å². The first kappa shape index (κ1) is 43.4. The normalized spacial score (nSPS) is 12.7. The lowest BCUT2D eigenvalue weighted by Crippen LogP contribution is -2.10. The number of hydrogen-bond acceptors (Lipinski definition) is 1. The van der Waals surface area contributed by atoms with Crippen LogP contribution < -0.4 is 0 Å². The maximum absolute atomic E-state index is 9.81. The molecular formula is C61H60N4. The first-order chi connectivity index (χ1) is 30.6. The topological polar surface area (TPSA) is 38.0 Å². The summed E-state index contributed by atoms with van der Waals surface area (Å²) in [5, 5.41) is 14.6. The molecule has 2 heterocycles. The molecule has 65 heavy (non-hydrogen) atoms. The van der Waals surface area contributed by atoms with Crippen LogP contribution in [0, 0.1) is 24.8 Å². The third-order valence-corrected chi connectivity index (χ3v) is 13.5. The van der Waals surface area contributed by atoms with E-state index in [-0.39, 0.29) is 21.7 Å². The number of aromatic nitrogens is 2. The maximum atomic E-state index is 9.81. The molecule has 0 unspecified atom stereocenters. The first-order valence-electron chi connectivity index (χ1n) is 22.9. The van der Waals surface area contributed by atoms with Gasteiger partial charge in [0.1, 0.15) is 0 Å². The summed E-state index contributed by atoms with van der Waals surface area (Å²) in [6.45, 7) is 38.2. The molecule has 324 valence electrons. The van der Waals surface area contributed by atoms with E-state index < -0.39 is 0 Å². The second-order valence-corrected chi connectivity index (χ2v) is 22.3. The average Bonchev–Trinajstić information content (AvgIpc) is 3.76. The minimum atomic E-state index is -0.0397. The maximum Gasteiger partial charge on any atom is 0.197 e. The highest BCUT2D eigenvalue weighted by atomic mass is 15.0. The number of rotatable bonds is 4. The van der Waals surface area contributed by atoms with E-state index in [4.69, 9.17) is 6.57 Å². The van der Waals surface area contributed by atoms with E-state index in [0.29, 0.717) is 11.3 Å². The summed E-state index contributed by atoms with van der Waals surface area (Å²) < 4.78 is 4.82. The molecule has 2 aromatic heterocycles. The van der Waals surface area contributed by atoms with Crippen LogP contribution >= 0.6 is 0 Å². The van der Waals surface area contributed by atoms with E-state index in [2.05, 4.69) is 213 Å². The van der Waals surface area contributed by atoms with Gasteiger partial charge in [0.05, 0.1) is 46.0 Å². The summed E-state index contributed by atoms with van der Waals surface area (Å²) in [5.41, 5.74) is 17.5. The smallest absolute Gasteiger partial charge is 0.197 e. The van der Waals surface area contributed by atoms with Crippen molar-refractivity contribution in [3.05, 3.63) is 172 Å². The summed E-state index contributed by atoms with van der Waals surface area (Å²) in [4.78, 5) is 4.33. The number of fused-ring (bicyclic) bond motifs is 6. The van der Waals surface area contributed by atoms with Crippen molar-refractivity contribution in [2.24, 2.45) is 0 Å². The summed E-state index contributed by atoms with van der Waals surface area (Å²) in [6, 6.07) is 49.0. The van der Waals surface area contributed by atoms with Gasteiger partial charge in [0, 0.05) is 32.8 Å². The molecule has 0 aliphatic carbocycles. The van der Waals surface area contributed by atoms with Crippen molar-refractivity contribution in [3.8, 4) is 39.7 Å². The molecule has 9 aromatic rings. The minimum absolute atomic E-state index is 0.0386. The summed E-state index contributed by atoms with van der Waals surface area (Å²) in [5.74, 6) is 0. The summed E-state index contributed by atoms with van der Waals surface area (Å²) in [7, 11) is 0. The SMILES string of the molecule is [C-]#[N+]c1cccc(-n2c3ccc(C(C)(C)C)cc3c3cc(C(C)(C)C)ccc32)c1-c1cc(-c2ccc(C#N)cc2C)ccc1-n1c2ccc(C(C)(C)C)cc2c2cc(C(C)(C)C)ccc21. The second-order valence-electron chi connectivity index (χ2n) is 22.3. The lowest BCUT2D eigenvalue weighted by atomic mass is 9.85. The van der Waals surface area contributed by atoms with E-state index in [1.165, 1.54) is 43.8 Å². The third-order valence-electron chi connectivity index (χ3n) is 13.5. The van der Waals surface area contributed by atoms with E-state index in [9.17, 15) is 5.26 Å². The Balaban J connectivity index is 1.44. The van der Waals surface area contributed by atoms with Crippen LogP contribution in [0.25, 0.3) is 82.1 Å². The van der Waals surface area contributed by atoms with Crippen molar-refractivity contribution in [2.75, 3.05) is 0 Å². The molecule has 0 radical (unpaired) electrons. The second kappa shape index (κ2) is 15.1. The van der Waals surface area contributed by atoms with Gasteiger partial charge in [-0.15, -0.1) is 0 Å². The Morgan fingerprint density at radius 1 is 0.462 bits per heavy atom. The molecule has 4 heteroatoms. The predicted molar refractivity (Wildman–Crippen MR) is 277 cm³/mol.